The van der Waals surface area contributed by atoms with Crippen LogP contribution in [0.15, 0.2) is 71.6 Å². The molecule has 4 rings (SSSR count). The van der Waals surface area contributed by atoms with E-state index in [2.05, 4.69) is 10.3 Å². The molecule has 2 amide bonds. The molecule has 0 saturated carbocycles. The first-order valence-electron chi connectivity index (χ1n) is 12.0. The van der Waals surface area contributed by atoms with Crippen molar-refractivity contribution in [3.8, 4) is 9.88 Å². The van der Waals surface area contributed by atoms with Gasteiger partial charge < -0.3 is 10.1 Å². The predicted octanol–water partition coefficient (Wildman–Crippen LogP) is 4.19. The molecule has 2 unspecified atom stereocenters. The van der Waals surface area contributed by atoms with Crippen LogP contribution in [0.3, 0.4) is 0 Å². The number of methoxy groups -OCH3 is 1. The van der Waals surface area contributed by atoms with Crippen molar-refractivity contribution in [2.75, 3.05) is 18.9 Å². The van der Waals surface area contributed by atoms with E-state index < -0.39 is 34.4 Å². The van der Waals surface area contributed by atoms with Gasteiger partial charge in [-0.25, -0.2) is 9.78 Å². The number of carbonyl (C=O) groups excluding carboxylic acids is 2. The molecule has 0 aliphatic rings. The van der Waals surface area contributed by atoms with Gasteiger partial charge in [-0.1, -0.05) is 24.3 Å². The van der Waals surface area contributed by atoms with Gasteiger partial charge in [0.05, 0.1) is 29.4 Å². The van der Waals surface area contributed by atoms with Gasteiger partial charge in [-0.05, 0) is 47.7 Å². The van der Waals surface area contributed by atoms with Crippen LogP contribution in [0, 0.1) is 0 Å². The molecule has 3 heterocycles. The van der Waals surface area contributed by atoms with Crippen molar-refractivity contribution < 1.29 is 27.3 Å². The molecule has 0 spiro atoms. The Bertz CT molecular complexity index is 1530. The Hall–Kier alpha value is -3.85. The predicted molar refractivity (Wildman–Crippen MR) is 154 cm³/mol. The Kier molecular flexibility index (Phi) is 9.47. The van der Waals surface area contributed by atoms with Crippen LogP contribution < -0.4 is 10.0 Å². The highest BCUT2D eigenvalue weighted by atomic mass is 32.2. The van der Waals surface area contributed by atoms with Gasteiger partial charge in [0.1, 0.15) is 11.0 Å². The second-order valence-electron chi connectivity index (χ2n) is 8.72. The summed E-state index contributed by atoms with van der Waals surface area (Å²) in [6, 6.07) is 14.2. The highest BCUT2D eigenvalue weighted by molar-refractivity contribution is 7.87. The maximum atomic E-state index is 13.7. The van der Waals surface area contributed by atoms with E-state index in [1.54, 1.807) is 47.9 Å². The van der Waals surface area contributed by atoms with Gasteiger partial charge >= 0.3 is 16.4 Å². The normalized spacial score (nSPS) is 12.8. The zero-order valence-electron chi connectivity index (χ0n) is 21.6. The fraction of sp³-hybridized carbons (Fsp3) is 0.231. The average Bonchev–Trinajstić information content (AvgIpc) is 3.64. The number of ether oxygens (including phenoxy) is 1. The van der Waals surface area contributed by atoms with Crippen LogP contribution >= 0.6 is 22.7 Å². The van der Waals surface area contributed by atoms with Gasteiger partial charge in [0.2, 0.25) is 5.91 Å². The number of amides is 2. The van der Waals surface area contributed by atoms with Crippen molar-refractivity contribution >= 4 is 50.7 Å². The summed E-state index contributed by atoms with van der Waals surface area (Å²) in [5.74, 6) is -0.418. The van der Waals surface area contributed by atoms with Crippen molar-refractivity contribution in [3.63, 3.8) is 0 Å². The minimum Gasteiger partial charge on any atom is -0.453 e. The summed E-state index contributed by atoms with van der Waals surface area (Å²) in [5.41, 5.74) is 2.24. The van der Waals surface area contributed by atoms with Crippen molar-refractivity contribution in [1.29, 1.82) is 0 Å². The fourth-order valence-electron chi connectivity index (χ4n) is 3.94. The summed E-state index contributed by atoms with van der Waals surface area (Å²) >= 11 is 3.02. The number of nitrogens with one attached hydrogen (secondary N) is 2. The number of rotatable bonds is 11. The molecule has 40 heavy (non-hydrogen) atoms. The van der Waals surface area contributed by atoms with E-state index in [9.17, 15) is 18.0 Å². The lowest BCUT2D eigenvalue weighted by molar-refractivity contribution is -0.126. The zero-order chi connectivity index (χ0) is 28.7. The number of pyridine rings is 1. The minimum atomic E-state index is -4.41. The number of thiophene rings is 1. The highest BCUT2D eigenvalue weighted by Crippen LogP contribution is 2.31. The lowest BCUT2D eigenvalue weighted by atomic mass is 10.0. The van der Waals surface area contributed by atoms with E-state index in [1.807, 2.05) is 27.6 Å². The molecule has 4 aromatic rings. The third-order valence-electron chi connectivity index (χ3n) is 5.93. The van der Waals surface area contributed by atoms with Crippen LogP contribution in [0.2, 0.25) is 0 Å². The molecule has 14 heteroatoms. The Morgan fingerprint density at radius 2 is 1.85 bits per heavy atom. The quantitative estimate of drug-likeness (QED) is 0.217. The van der Waals surface area contributed by atoms with Crippen molar-refractivity contribution in [3.05, 3.63) is 88.5 Å². The average molecular weight is 602 g/mol. The Balaban J connectivity index is 1.62. The topological polar surface area (TPSA) is 151 Å². The molecule has 0 bridgehead atoms. The number of hydrogen-bond acceptors (Lipinski definition) is 9. The minimum absolute atomic E-state index is 0.165. The standard InChI is InChI=1S/C26H27N5O6S3/c1-31(26(33)37-2)22(15-19-6-3-4-12-27-19)24(32)28-20(21-16-39-25(29-21)23-7-5-13-38-23)14-17-8-10-18(11-9-17)30-40(34,35)36/h3-13,16,20,22,30H,14-15H2,1-2H3,(H,28,32)(H,34,35,36). The maximum absolute atomic E-state index is 13.7. The molecular weight excluding hydrogens is 575 g/mol. The first kappa shape index (κ1) is 29.1. The van der Waals surface area contributed by atoms with E-state index in [4.69, 9.17) is 14.3 Å². The van der Waals surface area contributed by atoms with E-state index in [-0.39, 0.29) is 12.1 Å². The van der Waals surface area contributed by atoms with Gasteiger partial charge in [-0.3, -0.25) is 24.0 Å². The number of likely N-dealkylation sites (N-methyl/N-ethyl adjacent to an activating group) is 1. The van der Waals surface area contributed by atoms with Crippen LogP contribution in [0.5, 0.6) is 0 Å². The van der Waals surface area contributed by atoms with Gasteiger partial charge in [0, 0.05) is 30.7 Å². The van der Waals surface area contributed by atoms with Gasteiger partial charge in [-0.15, -0.1) is 22.7 Å². The monoisotopic (exact) mass is 601 g/mol. The van der Waals surface area contributed by atoms with E-state index in [1.165, 1.54) is 42.5 Å². The number of aromatic nitrogens is 2. The van der Waals surface area contributed by atoms with E-state index >= 15 is 0 Å². The largest absolute Gasteiger partial charge is 0.453 e. The molecule has 3 N–H and O–H groups in total. The number of thiazole rings is 1. The van der Waals surface area contributed by atoms with Crippen molar-refractivity contribution in [1.82, 2.24) is 20.2 Å². The van der Waals surface area contributed by atoms with Crippen LogP contribution in [-0.4, -0.2) is 60.0 Å². The zero-order valence-corrected chi connectivity index (χ0v) is 24.0. The number of benzene rings is 1. The third-order valence-corrected chi connectivity index (χ3v) is 8.32. The first-order valence-corrected chi connectivity index (χ1v) is 15.2. The lowest BCUT2D eigenvalue weighted by Gasteiger charge is -2.28. The maximum Gasteiger partial charge on any atom is 0.409 e. The lowest BCUT2D eigenvalue weighted by Crippen LogP contribution is -2.50. The Morgan fingerprint density at radius 3 is 2.48 bits per heavy atom. The van der Waals surface area contributed by atoms with Gasteiger partial charge in [0.15, 0.2) is 0 Å². The second kappa shape index (κ2) is 13.0. The van der Waals surface area contributed by atoms with Crippen LogP contribution in [-0.2, 0) is 32.7 Å². The Labute approximate surface area is 239 Å². The molecule has 0 aliphatic heterocycles. The summed E-state index contributed by atoms with van der Waals surface area (Å²) in [7, 11) is -1.66. The summed E-state index contributed by atoms with van der Waals surface area (Å²) in [6.45, 7) is 0. The number of anilines is 1. The number of carbonyl (C=O) groups is 2. The molecule has 3 aromatic heterocycles. The SMILES string of the molecule is COC(=O)N(C)C(Cc1ccccn1)C(=O)NC(Cc1ccc(NS(=O)(=O)O)cc1)c1csc(-c2cccs2)n1. The van der Waals surface area contributed by atoms with Crippen molar-refractivity contribution in [2.24, 2.45) is 0 Å². The van der Waals surface area contributed by atoms with Gasteiger partial charge in [0.25, 0.3) is 0 Å². The number of nitrogens with zero attached hydrogens (tertiary/aromatic N) is 3. The summed E-state index contributed by atoms with van der Waals surface area (Å²) < 4.78 is 38.2. The summed E-state index contributed by atoms with van der Waals surface area (Å²) in [4.78, 5) is 37.4. The second-order valence-corrected chi connectivity index (χ2v) is 11.7. The molecular formula is C26H27N5O6S3. The van der Waals surface area contributed by atoms with E-state index in [0.29, 0.717) is 17.8 Å². The van der Waals surface area contributed by atoms with Crippen LogP contribution in [0.1, 0.15) is 23.0 Å². The molecule has 0 aliphatic carbocycles. The summed E-state index contributed by atoms with van der Waals surface area (Å²) in [6.07, 6.45) is 1.44. The van der Waals surface area contributed by atoms with Crippen LogP contribution in [0.4, 0.5) is 10.5 Å². The fourth-order valence-corrected chi connectivity index (χ4v) is 6.07. The molecule has 0 saturated heterocycles. The smallest absolute Gasteiger partial charge is 0.409 e. The Morgan fingerprint density at radius 1 is 1.07 bits per heavy atom. The molecule has 0 fully saturated rings. The van der Waals surface area contributed by atoms with Crippen LogP contribution in [0.25, 0.3) is 9.88 Å². The molecule has 2 atom stereocenters. The van der Waals surface area contributed by atoms with Crippen molar-refractivity contribution in [2.45, 2.75) is 24.9 Å². The number of hydrogen-bond donors (Lipinski definition) is 3. The van der Waals surface area contributed by atoms with Gasteiger partial charge in [-0.2, -0.15) is 8.42 Å². The molecule has 0 radical (unpaired) electrons. The first-order chi connectivity index (χ1) is 19.1. The summed E-state index contributed by atoms with van der Waals surface area (Å²) in [5, 5.41) is 7.71. The molecule has 210 valence electrons. The molecule has 1 aromatic carbocycles. The third kappa shape index (κ3) is 7.85. The van der Waals surface area contributed by atoms with E-state index in [0.717, 1.165) is 15.4 Å². The highest BCUT2D eigenvalue weighted by Gasteiger charge is 2.31. The molecule has 11 nitrogen and oxygen atoms in total.